The highest BCUT2D eigenvalue weighted by molar-refractivity contribution is 6.92. The molecular weight excluding hydrogens is 715 g/mol. The molecule has 1 unspecified atom stereocenters. The summed E-state index contributed by atoms with van der Waals surface area (Å²) >= 11 is 0. The first-order valence-corrected chi connectivity index (χ1v) is 44.0. The van der Waals surface area contributed by atoms with Crippen LogP contribution in [-0.4, -0.2) is 92.4 Å². The minimum atomic E-state index is -2.64. The molecule has 0 aromatic carbocycles. The van der Waals surface area contributed by atoms with Gasteiger partial charge in [-0.3, -0.25) is 0 Å². The van der Waals surface area contributed by atoms with Crippen molar-refractivity contribution in [3.63, 3.8) is 0 Å². The first kappa shape index (κ1) is 44.8. The topological polar surface area (TPSA) is 109 Å². The fraction of sp³-hybridized carbons (Fsp3) is 1.00. The van der Waals surface area contributed by atoms with Gasteiger partial charge in [0.05, 0.1) is 0 Å². The second-order valence-electron chi connectivity index (χ2n) is 16.0. The van der Waals surface area contributed by atoms with Gasteiger partial charge in [-0.2, -0.15) is 0 Å². The molecule has 0 fully saturated rings. The van der Waals surface area contributed by atoms with E-state index in [1.165, 1.54) is 0 Å². The van der Waals surface area contributed by atoms with Crippen molar-refractivity contribution in [2.45, 2.75) is 143 Å². The highest BCUT2D eigenvalue weighted by atomic mass is 28.5. The minimum absolute atomic E-state index is 0.700. The summed E-state index contributed by atoms with van der Waals surface area (Å²) in [6, 6.07) is 1.06. The maximum absolute atomic E-state index is 6.74. The first-order chi connectivity index (χ1) is 18.6. The lowest BCUT2D eigenvalue weighted by Gasteiger charge is -2.44. The van der Waals surface area contributed by atoms with E-state index < -0.39 is 85.8 Å². The standard InChI is InChI=1S/C23H69NO9Si10/c1-34(23-21-22-24)25-36(5,6)27-38(9,10)29-40(13,14)31-42(17,18)33-43(19,20)32-41(15,16)30-39(11,12)28-37(7,8)26-35(2,3)4/h34H,21-24H2,1-20H3. The van der Waals surface area contributed by atoms with Crippen LogP contribution in [0.15, 0.2) is 0 Å². The van der Waals surface area contributed by atoms with Gasteiger partial charge in [0.2, 0.25) is 0 Å². The Morgan fingerprint density at radius 2 is 0.628 bits per heavy atom. The third kappa shape index (κ3) is 22.1. The molecule has 0 aliphatic rings. The normalized spacial score (nSPS) is 16.1. The summed E-state index contributed by atoms with van der Waals surface area (Å²) in [5.74, 6) is 0. The van der Waals surface area contributed by atoms with Gasteiger partial charge >= 0.3 is 68.5 Å². The molecule has 0 aliphatic carbocycles. The molecule has 260 valence electrons. The van der Waals surface area contributed by atoms with E-state index in [2.05, 4.69) is 131 Å². The molecule has 0 saturated heterocycles. The molecule has 0 bridgehead atoms. The molecular formula is C23H69NO9Si10. The molecule has 0 rings (SSSR count). The molecule has 1 atom stereocenters. The summed E-state index contributed by atoms with van der Waals surface area (Å²) in [6.45, 7) is 42.9. The molecule has 10 nitrogen and oxygen atoms in total. The van der Waals surface area contributed by atoms with Crippen molar-refractivity contribution < 1.29 is 37.0 Å². The van der Waals surface area contributed by atoms with Crippen LogP contribution < -0.4 is 5.73 Å². The zero-order valence-electron chi connectivity index (χ0n) is 31.5. The Morgan fingerprint density at radius 3 is 0.860 bits per heavy atom. The molecule has 20 heteroatoms. The van der Waals surface area contributed by atoms with Crippen LogP contribution in [0.1, 0.15) is 6.42 Å². The Kier molecular flexibility index (Phi) is 16.6. The summed E-state index contributed by atoms with van der Waals surface area (Å²) in [5, 5.41) is 0. The molecule has 0 heterocycles. The van der Waals surface area contributed by atoms with Crippen molar-refractivity contribution in [2.24, 2.45) is 5.73 Å². The maximum Gasteiger partial charge on any atom is 0.314 e. The van der Waals surface area contributed by atoms with Gasteiger partial charge in [0.1, 0.15) is 0 Å². The Balaban J connectivity index is 5.38. The highest BCUT2D eigenvalue weighted by Gasteiger charge is 2.50. The number of hydrogen-bond acceptors (Lipinski definition) is 10. The second-order valence-corrected chi connectivity index (χ2v) is 52.3. The van der Waals surface area contributed by atoms with E-state index in [1.807, 2.05) is 0 Å². The molecule has 0 saturated carbocycles. The van der Waals surface area contributed by atoms with Crippen LogP contribution in [0.2, 0.25) is 137 Å². The minimum Gasteiger partial charge on any atom is -0.439 e. The van der Waals surface area contributed by atoms with Gasteiger partial charge in [0.25, 0.3) is 0 Å². The van der Waals surface area contributed by atoms with E-state index in [4.69, 9.17) is 42.8 Å². The second kappa shape index (κ2) is 16.0. The van der Waals surface area contributed by atoms with Gasteiger partial charge in [-0.05, 0) is 150 Å². The van der Waals surface area contributed by atoms with Crippen LogP contribution in [0.4, 0.5) is 0 Å². The van der Waals surface area contributed by atoms with Crippen molar-refractivity contribution >= 4 is 85.8 Å². The predicted molar refractivity (Wildman–Crippen MR) is 204 cm³/mol. The lowest BCUT2D eigenvalue weighted by molar-refractivity contribution is 0.257. The van der Waals surface area contributed by atoms with Crippen molar-refractivity contribution in [1.29, 1.82) is 0 Å². The van der Waals surface area contributed by atoms with Gasteiger partial charge < -0.3 is 42.8 Å². The number of hydrogen-bond donors (Lipinski definition) is 1. The van der Waals surface area contributed by atoms with Gasteiger partial charge in [-0.25, -0.2) is 0 Å². The average Bonchev–Trinajstić information content (AvgIpc) is 2.55. The van der Waals surface area contributed by atoms with Crippen LogP contribution >= 0.6 is 0 Å². The van der Waals surface area contributed by atoms with E-state index in [0.29, 0.717) is 6.54 Å². The van der Waals surface area contributed by atoms with Crippen LogP contribution in [0, 0.1) is 0 Å². The zero-order valence-corrected chi connectivity index (χ0v) is 41.6. The smallest absolute Gasteiger partial charge is 0.314 e. The van der Waals surface area contributed by atoms with Gasteiger partial charge in [-0.1, -0.05) is 0 Å². The Hall–Kier alpha value is 1.77. The van der Waals surface area contributed by atoms with Gasteiger partial charge in [-0.15, -0.1) is 0 Å². The predicted octanol–water partition coefficient (Wildman–Crippen LogP) is 7.29. The maximum atomic E-state index is 6.74. The Morgan fingerprint density at radius 1 is 0.395 bits per heavy atom. The van der Waals surface area contributed by atoms with E-state index in [-0.39, 0.29) is 0 Å². The Bertz CT molecular complexity index is 869. The van der Waals surface area contributed by atoms with E-state index in [0.717, 1.165) is 12.5 Å². The van der Waals surface area contributed by atoms with Crippen LogP contribution in [-0.2, 0) is 37.0 Å². The van der Waals surface area contributed by atoms with Gasteiger partial charge in [0.15, 0.2) is 17.4 Å². The van der Waals surface area contributed by atoms with E-state index in [1.54, 1.807) is 0 Å². The first-order valence-electron chi connectivity index (χ1n) is 15.6. The molecule has 0 radical (unpaired) electrons. The summed E-state index contributed by atoms with van der Waals surface area (Å²) in [6.07, 6.45) is 0.999. The third-order valence-corrected chi connectivity index (χ3v) is 42.3. The number of nitrogens with two attached hydrogens (primary N) is 1. The fourth-order valence-electron chi connectivity index (χ4n) is 6.00. The van der Waals surface area contributed by atoms with E-state index >= 15 is 0 Å². The summed E-state index contributed by atoms with van der Waals surface area (Å²) < 4.78 is 59.7. The largest absolute Gasteiger partial charge is 0.439 e. The fourth-order valence-corrected chi connectivity index (χ4v) is 54.6. The van der Waals surface area contributed by atoms with Crippen molar-refractivity contribution in [2.75, 3.05) is 6.54 Å². The van der Waals surface area contributed by atoms with Crippen LogP contribution in [0.3, 0.4) is 0 Å². The quantitative estimate of drug-likeness (QED) is 0.119. The molecule has 2 N–H and O–H groups in total. The van der Waals surface area contributed by atoms with Gasteiger partial charge in [0, 0.05) is 0 Å². The third-order valence-electron chi connectivity index (χ3n) is 5.29. The summed E-state index contributed by atoms with van der Waals surface area (Å²) in [5.41, 5.74) is 5.69. The monoisotopic (exact) mass is 783 g/mol. The van der Waals surface area contributed by atoms with Crippen LogP contribution in [0.5, 0.6) is 0 Å². The summed E-state index contributed by atoms with van der Waals surface area (Å²) in [7, 11) is -23.3. The van der Waals surface area contributed by atoms with Crippen molar-refractivity contribution in [3.05, 3.63) is 0 Å². The van der Waals surface area contributed by atoms with Crippen molar-refractivity contribution in [1.82, 2.24) is 0 Å². The molecule has 0 amide bonds. The zero-order chi connectivity index (χ0) is 34.6. The highest BCUT2D eigenvalue weighted by Crippen LogP contribution is 2.30. The van der Waals surface area contributed by atoms with Crippen LogP contribution in [0.25, 0.3) is 0 Å². The molecule has 43 heavy (non-hydrogen) atoms. The lowest BCUT2D eigenvalue weighted by Crippen LogP contribution is -2.62. The van der Waals surface area contributed by atoms with E-state index in [9.17, 15) is 0 Å². The molecule has 0 aromatic rings. The molecule has 0 spiro atoms. The molecule has 0 aromatic heterocycles. The number of rotatable bonds is 21. The SMILES string of the molecule is C[SiH](CCCN)O[Si](C)(C)O[Si](C)(C)O[Si](C)(C)O[Si](C)(C)O[Si](C)(C)O[Si](C)(C)O[Si](C)(C)O[Si](C)(C)O[Si](C)(C)C. The lowest BCUT2D eigenvalue weighted by atomic mass is 10.5. The van der Waals surface area contributed by atoms with Crippen molar-refractivity contribution in [3.8, 4) is 0 Å². The average molecular weight is 785 g/mol. The summed E-state index contributed by atoms with van der Waals surface area (Å²) in [4.78, 5) is 0. The Labute approximate surface area is 277 Å². The molecule has 0 aliphatic heterocycles.